The van der Waals surface area contributed by atoms with Crippen molar-refractivity contribution < 1.29 is 48.3 Å². The first-order chi connectivity index (χ1) is 42.9. The minimum absolute atomic E-state index is 0.0229. The standard InChI is InChI=1S/C58H92N22O10/c1-4-32(2)45(53(88)76-40(21-12-26-69-56(61)62)49(84)77-42(54(89)90)23-14-28-71-58(65)66)80-50(85)41(22-13-27-70-57(63)64)74-46(81)33(3)73-48(83)39(20-11-25-68-55(59)60)75-52(87)44(30-35-31-72-37-18-9-8-17-36(35)37)79-51(86)43(29-34-15-6-5-7-16-34)78-47(82)38-19-10-24-67-38/h5-9,15-18,31-33,38-45,67,72H,4,10-14,19-30H2,1-3H3,(H,73,83)(H,74,81)(H,75,87)(H,76,88)(H,77,84)(H,78,82)(H,79,86)(H,80,85)(H,89,90)(H4,59,60,68)(H4,61,62,69)(H4,63,64,70)(H4,65,66,71)/t32-,33-,38-,39-,40-,41-,42-,43-,44-,45-/m0/s1. The lowest BCUT2D eigenvalue weighted by molar-refractivity contribution is -0.142. The molecule has 1 aliphatic heterocycles. The molecule has 32 nitrogen and oxygen atoms in total. The van der Waals surface area contributed by atoms with E-state index in [0.29, 0.717) is 24.9 Å². The van der Waals surface area contributed by atoms with Gasteiger partial charge >= 0.3 is 5.97 Å². The summed E-state index contributed by atoms with van der Waals surface area (Å²) in [6.07, 6.45) is 3.70. The number of nitrogens with two attached hydrogens (primary N) is 8. The number of hydrogen-bond acceptors (Lipinski definition) is 14. The SMILES string of the molecule is CC[C@H](C)[C@H](NC(=O)[C@H](CCCN=C(N)N)NC(=O)[C@H](C)NC(=O)[C@H](CCCN=C(N)N)NC(=O)[C@H](Cc1c[nH]c2ccccc12)NC(=O)[C@H](Cc1ccccc1)NC(=O)[C@@H]1CCCN1)C(=O)N[C@@H](CCCN=C(N)N)C(=O)N[C@@H](CCCN=C(N)N)C(=O)O. The predicted molar refractivity (Wildman–Crippen MR) is 341 cm³/mol. The van der Waals surface area contributed by atoms with Crippen molar-refractivity contribution in [1.82, 2.24) is 52.8 Å². The lowest BCUT2D eigenvalue weighted by Gasteiger charge is -2.29. The van der Waals surface area contributed by atoms with E-state index in [2.05, 4.69) is 72.8 Å². The molecule has 32 heteroatoms. The zero-order chi connectivity index (χ0) is 66.3. The number of para-hydroxylation sites is 1. The van der Waals surface area contributed by atoms with Crippen LogP contribution in [0.3, 0.4) is 0 Å². The van der Waals surface area contributed by atoms with E-state index in [1.807, 2.05) is 42.5 Å². The second-order valence-electron chi connectivity index (χ2n) is 22.0. The highest BCUT2D eigenvalue weighted by atomic mass is 16.4. The first-order valence-corrected chi connectivity index (χ1v) is 30.1. The molecule has 90 heavy (non-hydrogen) atoms. The lowest BCUT2D eigenvalue weighted by Crippen LogP contribution is -2.61. The number of H-pyrrole nitrogens is 1. The monoisotopic (exact) mass is 1260 g/mol. The van der Waals surface area contributed by atoms with Crippen LogP contribution in [0.15, 0.2) is 80.8 Å². The molecular weight excluding hydrogens is 1160 g/mol. The number of benzene rings is 2. The van der Waals surface area contributed by atoms with Crippen LogP contribution in [0, 0.1) is 5.92 Å². The maximum absolute atomic E-state index is 14.8. The molecule has 0 unspecified atom stereocenters. The van der Waals surface area contributed by atoms with Gasteiger partial charge in [-0.2, -0.15) is 0 Å². The van der Waals surface area contributed by atoms with E-state index < -0.39 is 108 Å². The predicted octanol–water partition coefficient (Wildman–Crippen LogP) is -4.05. The van der Waals surface area contributed by atoms with Crippen LogP contribution in [0.1, 0.15) is 103 Å². The van der Waals surface area contributed by atoms with Crippen molar-refractivity contribution >= 4 is 88.0 Å². The molecule has 0 radical (unpaired) electrons. The number of fused-ring (bicyclic) bond motifs is 1. The largest absolute Gasteiger partial charge is 0.480 e. The minimum atomic E-state index is -1.40. The summed E-state index contributed by atoms with van der Waals surface area (Å²) in [5.74, 6) is -8.88. The number of carbonyl (C=O) groups is 9. The van der Waals surface area contributed by atoms with Crippen LogP contribution < -0.4 is 93.7 Å². The number of carbonyl (C=O) groups excluding carboxylic acids is 8. The number of carboxylic acids is 1. The molecule has 2 heterocycles. The summed E-state index contributed by atoms with van der Waals surface area (Å²) in [4.78, 5) is 145. The molecule has 0 bridgehead atoms. The molecule has 27 N–H and O–H groups in total. The zero-order valence-corrected chi connectivity index (χ0v) is 51.3. The minimum Gasteiger partial charge on any atom is -0.480 e. The number of carboxylic acid groups (broad SMARTS) is 1. The molecular formula is C58H92N22O10. The number of nitrogens with one attached hydrogen (secondary N) is 10. The molecule has 1 saturated heterocycles. The van der Waals surface area contributed by atoms with Crippen molar-refractivity contribution in [3.05, 3.63) is 71.9 Å². The van der Waals surface area contributed by atoms with Crippen molar-refractivity contribution in [3.63, 3.8) is 0 Å². The van der Waals surface area contributed by atoms with Crippen molar-refractivity contribution in [3.8, 4) is 0 Å². The van der Waals surface area contributed by atoms with Crippen LogP contribution in [0.25, 0.3) is 10.9 Å². The smallest absolute Gasteiger partial charge is 0.326 e. The fourth-order valence-corrected chi connectivity index (χ4v) is 9.76. The van der Waals surface area contributed by atoms with Crippen LogP contribution in [0.5, 0.6) is 0 Å². The Morgan fingerprint density at radius 1 is 0.522 bits per heavy atom. The van der Waals surface area contributed by atoms with Gasteiger partial charge < -0.3 is 104 Å². The highest BCUT2D eigenvalue weighted by Crippen LogP contribution is 2.20. The lowest BCUT2D eigenvalue weighted by atomic mass is 9.96. The molecule has 1 aromatic heterocycles. The molecule has 3 aromatic rings. The maximum Gasteiger partial charge on any atom is 0.326 e. The number of aromatic nitrogens is 1. The van der Waals surface area contributed by atoms with E-state index >= 15 is 0 Å². The van der Waals surface area contributed by atoms with E-state index in [4.69, 9.17) is 45.9 Å². The van der Waals surface area contributed by atoms with Gasteiger partial charge in [0.05, 0.1) is 6.04 Å². The van der Waals surface area contributed by atoms with Gasteiger partial charge in [-0.15, -0.1) is 0 Å². The highest BCUT2D eigenvalue weighted by molar-refractivity contribution is 5.98. The summed E-state index contributed by atoms with van der Waals surface area (Å²) in [5, 5.41) is 35.5. The molecule has 8 amide bonds. The number of nitrogens with zero attached hydrogens (tertiary/aromatic N) is 4. The van der Waals surface area contributed by atoms with Crippen molar-refractivity contribution in [2.24, 2.45) is 71.8 Å². The summed E-state index contributed by atoms with van der Waals surface area (Å²) in [7, 11) is 0. The Hall–Kier alpha value is -9.75. The van der Waals surface area contributed by atoms with Gasteiger partial charge in [-0.05, 0) is 101 Å². The summed E-state index contributed by atoms with van der Waals surface area (Å²) >= 11 is 0. The average molecular weight is 1260 g/mol. The van der Waals surface area contributed by atoms with E-state index in [0.717, 1.165) is 22.9 Å². The zero-order valence-electron chi connectivity index (χ0n) is 51.3. The third-order valence-corrected chi connectivity index (χ3v) is 14.9. The topological polar surface area (TPSA) is 556 Å². The van der Waals surface area contributed by atoms with Gasteiger partial charge in [0.1, 0.15) is 48.3 Å². The van der Waals surface area contributed by atoms with E-state index in [-0.39, 0.29) is 120 Å². The highest BCUT2D eigenvalue weighted by Gasteiger charge is 2.36. The Morgan fingerprint density at radius 2 is 0.956 bits per heavy atom. The van der Waals surface area contributed by atoms with Crippen molar-refractivity contribution in [2.45, 2.75) is 159 Å². The number of amides is 8. The van der Waals surface area contributed by atoms with Gasteiger partial charge in [0, 0.05) is 56.1 Å². The molecule has 0 spiro atoms. The fraction of sp³-hybridized carbons (Fsp3) is 0.534. The molecule has 1 fully saturated rings. The number of hydrogen-bond donors (Lipinski definition) is 19. The first-order valence-electron chi connectivity index (χ1n) is 30.1. The van der Waals surface area contributed by atoms with Crippen LogP contribution in [0.2, 0.25) is 0 Å². The average Bonchev–Trinajstić information content (AvgIpc) is 2.47. The van der Waals surface area contributed by atoms with Crippen LogP contribution in [-0.4, -0.2) is 174 Å². The summed E-state index contributed by atoms with van der Waals surface area (Å²) < 4.78 is 0. The third-order valence-electron chi connectivity index (χ3n) is 14.9. The van der Waals surface area contributed by atoms with Crippen LogP contribution in [-0.2, 0) is 56.0 Å². The summed E-state index contributed by atoms with van der Waals surface area (Å²) in [6.45, 7) is 5.60. The van der Waals surface area contributed by atoms with Crippen molar-refractivity contribution in [1.29, 1.82) is 0 Å². The fourth-order valence-electron chi connectivity index (χ4n) is 9.76. The Labute approximate surface area is 522 Å². The number of aliphatic imine (C=N–C) groups is 4. The Balaban J connectivity index is 1.61. The van der Waals surface area contributed by atoms with Gasteiger partial charge in [-0.3, -0.25) is 58.3 Å². The Morgan fingerprint density at radius 3 is 1.46 bits per heavy atom. The Bertz CT molecular complexity index is 2990. The molecule has 2 aromatic carbocycles. The van der Waals surface area contributed by atoms with E-state index in [1.165, 1.54) is 6.92 Å². The molecule has 494 valence electrons. The number of guanidine groups is 4. The van der Waals surface area contributed by atoms with Gasteiger partial charge in [0.15, 0.2) is 23.8 Å². The molecule has 4 rings (SSSR count). The number of aromatic amines is 1. The molecule has 1 aliphatic rings. The van der Waals surface area contributed by atoms with E-state index in [1.54, 1.807) is 32.2 Å². The molecule has 0 saturated carbocycles. The van der Waals surface area contributed by atoms with Crippen LogP contribution in [0.4, 0.5) is 0 Å². The van der Waals surface area contributed by atoms with E-state index in [9.17, 15) is 48.3 Å². The number of rotatable bonds is 39. The van der Waals surface area contributed by atoms with Crippen LogP contribution >= 0.6 is 0 Å². The first kappa shape index (κ1) is 72.7. The van der Waals surface area contributed by atoms with Gasteiger partial charge in [-0.1, -0.05) is 68.8 Å². The van der Waals surface area contributed by atoms with Gasteiger partial charge in [-0.25, -0.2) is 4.79 Å². The summed E-state index contributed by atoms with van der Waals surface area (Å²) in [6, 6.07) is 5.15. The second-order valence-corrected chi connectivity index (χ2v) is 22.0. The Kier molecular flexibility index (Phi) is 30.6. The molecule has 0 aliphatic carbocycles. The normalized spacial score (nSPS) is 15.6. The third kappa shape index (κ3) is 25.5. The second kappa shape index (κ2) is 37.8. The summed E-state index contributed by atoms with van der Waals surface area (Å²) in [5.41, 5.74) is 46.3. The van der Waals surface area contributed by atoms with Gasteiger partial charge in [0.2, 0.25) is 47.3 Å². The maximum atomic E-state index is 14.8. The number of aliphatic carboxylic acids is 1. The van der Waals surface area contributed by atoms with Crippen molar-refractivity contribution in [2.75, 3.05) is 32.7 Å². The molecule has 10 atom stereocenters. The van der Waals surface area contributed by atoms with Gasteiger partial charge in [0.25, 0.3) is 0 Å². The quantitative estimate of drug-likeness (QED) is 0.0147.